The molecule has 0 unspecified atom stereocenters. The SMILES string of the molecule is FC(F)(F)c1ccc(Nc2nc(Cn3ccnc3)nc3cc(-c4ncccc4C(F)(F)F)ccc23)cc1. The maximum atomic E-state index is 13.6. The number of rotatable bonds is 5. The number of pyridine rings is 1. The van der Waals surface area contributed by atoms with E-state index in [9.17, 15) is 26.3 Å². The average Bonchev–Trinajstić information content (AvgIpc) is 3.36. The number of imidazole rings is 1. The van der Waals surface area contributed by atoms with Crippen LogP contribution in [0.3, 0.4) is 0 Å². The third kappa shape index (κ3) is 5.22. The normalized spacial score (nSPS) is 12.2. The lowest BCUT2D eigenvalue weighted by atomic mass is 10.0. The molecule has 0 saturated carbocycles. The van der Waals surface area contributed by atoms with Gasteiger partial charge in [-0.15, -0.1) is 0 Å². The molecule has 37 heavy (non-hydrogen) atoms. The summed E-state index contributed by atoms with van der Waals surface area (Å²) >= 11 is 0. The monoisotopic (exact) mass is 514 g/mol. The Morgan fingerprint density at radius 2 is 1.62 bits per heavy atom. The van der Waals surface area contributed by atoms with Crippen LogP contribution in [-0.2, 0) is 18.9 Å². The molecule has 0 aliphatic heterocycles. The van der Waals surface area contributed by atoms with Crippen molar-refractivity contribution in [2.75, 3.05) is 5.32 Å². The number of aromatic nitrogens is 5. The van der Waals surface area contributed by atoms with E-state index in [1.165, 1.54) is 36.5 Å². The van der Waals surface area contributed by atoms with Crippen molar-refractivity contribution >= 4 is 22.4 Å². The predicted octanol–water partition coefficient (Wildman–Crippen LogP) is 6.72. The molecular weight excluding hydrogens is 498 g/mol. The second-order valence-electron chi connectivity index (χ2n) is 8.05. The van der Waals surface area contributed by atoms with Crippen LogP contribution < -0.4 is 5.32 Å². The number of anilines is 2. The second kappa shape index (κ2) is 9.19. The van der Waals surface area contributed by atoms with Crippen LogP contribution in [-0.4, -0.2) is 24.5 Å². The smallest absolute Gasteiger partial charge is 0.340 e. The van der Waals surface area contributed by atoms with Gasteiger partial charge in [0.2, 0.25) is 0 Å². The fourth-order valence-corrected chi connectivity index (χ4v) is 3.78. The van der Waals surface area contributed by atoms with E-state index in [0.717, 1.165) is 18.2 Å². The number of halogens is 6. The first kappa shape index (κ1) is 24.2. The summed E-state index contributed by atoms with van der Waals surface area (Å²) in [6.07, 6.45) is -2.99. The molecule has 188 valence electrons. The van der Waals surface area contributed by atoms with Gasteiger partial charge in [0.15, 0.2) is 5.82 Å². The molecule has 0 bridgehead atoms. The van der Waals surface area contributed by atoms with Crippen molar-refractivity contribution in [2.45, 2.75) is 18.9 Å². The Morgan fingerprint density at radius 3 is 2.30 bits per heavy atom. The van der Waals surface area contributed by atoms with Crippen LogP contribution in [0.2, 0.25) is 0 Å². The Balaban J connectivity index is 1.60. The van der Waals surface area contributed by atoms with E-state index in [4.69, 9.17) is 0 Å². The molecule has 0 spiro atoms. The highest BCUT2D eigenvalue weighted by Gasteiger charge is 2.34. The number of alkyl halides is 6. The minimum absolute atomic E-state index is 0.202. The molecule has 0 fully saturated rings. The first-order valence-corrected chi connectivity index (χ1v) is 10.8. The summed E-state index contributed by atoms with van der Waals surface area (Å²) in [4.78, 5) is 16.9. The van der Waals surface area contributed by atoms with Gasteiger partial charge >= 0.3 is 12.4 Å². The third-order valence-corrected chi connectivity index (χ3v) is 5.49. The topological polar surface area (TPSA) is 68.5 Å². The van der Waals surface area contributed by atoms with Gasteiger partial charge in [0.1, 0.15) is 5.82 Å². The van der Waals surface area contributed by atoms with Crippen molar-refractivity contribution in [1.82, 2.24) is 24.5 Å². The van der Waals surface area contributed by atoms with Crippen LogP contribution >= 0.6 is 0 Å². The van der Waals surface area contributed by atoms with Gasteiger partial charge in [-0.25, -0.2) is 15.0 Å². The molecule has 12 heteroatoms. The third-order valence-electron chi connectivity index (χ3n) is 5.49. The van der Waals surface area contributed by atoms with Gasteiger partial charge in [0.25, 0.3) is 0 Å². The largest absolute Gasteiger partial charge is 0.418 e. The number of nitrogens with one attached hydrogen (secondary N) is 1. The van der Waals surface area contributed by atoms with Crippen molar-refractivity contribution in [3.63, 3.8) is 0 Å². The van der Waals surface area contributed by atoms with Gasteiger partial charge in [-0.2, -0.15) is 26.3 Å². The van der Waals surface area contributed by atoms with Crippen LogP contribution in [0.4, 0.5) is 37.8 Å². The average molecular weight is 514 g/mol. The molecule has 0 atom stereocenters. The van der Waals surface area contributed by atoms with E-state index >= 15 is 0 Å². The van der Waals surface area contributed by atoms with Crippen LogP contribution in [0.5, 0.6) is 0 Å². The van der Waals surface area contributed by atoms with Gasteiger partial charge in [0.05, 0.1) is 35.2 Å². The van der Waals surface area contributed by atoms with Gasteiger partial charge < -0.3 is 9.88 Å². The second-order valence-corrected chi connectivity index (χ2v) is 8.05. The lowest BCUT2D eigenvalue weighted by molar-refractivity contribution is -0.138. The molecule has 5 rings (SSSR count). The van der Waals surface area contributed by atoms with E-state index < -0.39 is 23.5 Å². The van der Waals surface area contributed by atoms with Crippen molar-refractivity contribution in [1.29, 1.82) is 0 Å². The van der Waals surface area contributed by atoms with Crippen molar-refractivity contribution in [2.24, 2.45) is 0 Å². The van der Waals surface area contributed by atoms with E-state index in [1.807, 2.05) is 0 Å². The van der Waals surface area contributed by atoms with Crippen molar-refractivity contribution in [3.8, 4) is 11.3 Å². The zero-order valence-electron chi connectivity index (χ0n) is 18.7. The number of fused-ring (bicyclic) bond motifs is 1. The summed E-state index contributed by atoms with van der Waals surface area (Å²) in [7, 11) is 0. The molecule has 5 aromatic rings. The zero-order chi connectivity index (χ0) is 26.2. The number of hydrogen-bond donors (Lipinski definition) is 1. The maximum absolute atomic E-state index is 13.6. The minimum atomic E-state index is -4.61. The fourth-order valence-electron chi connectivity index (χ4n) is 3.78. The fraction of sp³-hybridized carbons (Fsp3) is 0.120. The summed E-state index contributed by atoms with van der Waals surface area (Å²) in [6.45, 7) is 0.208. The summed E-state index contributed by atoms with van der Waals surface area (Å²) in [6, 6.07) is 11.1. The highest BCUT2D eigenvalue weighted by Crippen LogP contribution is 2.37. The lowest BCUT2D eigenvalue weighted by Gasteiger charge is -2.15. The predicted molar refractivity (Wildman–Crippen MR) is 124 cm³/mol. The minimum Gasteiger partial charge on any atom is -0.340 e. The summed E-state index contributed by atoms with van der Waals surface area (Å²) in [5, 5.41) is 3.46. The van der Waals surface area contributed by atoms with E-state index in [1.54, 1.807) is 29.4 Å². The van der Waals surface area contributed by atoms with E-state index in [2.05, 4.69) is 25.3 Å². The van der Waals surface area contributed by atoms with Gasteiger partial charge in [-0.05, 0) is 48.5 Å². The van der Waals surface area contributed by atoms with Gasteiger partial charge in [0, 0.05) is 35.2 Å². The Hall–Kier alpha value is -4.48. The Bertz CT molecular complexity index is 1540. The first-order chi connectivity index (χ1) is 17.6. The number of hydrogen-bond acceptors (Lipinski definition) is 5. The highest BCUT2D eigenvalue weighted by atomic mass is 19.4. The zero-order valence-corrected chi connectivity index (χ0v) is 18.7. The molecule has 0 radical (unpaired) electrons. The Labute approximate surface area is 205 Å². The van der Waals surface area contributed by atoms with Crippen molar-refractivity contribution in [3.05, 3.63) is 96.5 Å². The summed E-state index contributed by atoms with van der Waals surface area (Å²) in [5.41, 5.74) is -1.06. The molecule has 3 aromatic heterocycles. The van der Waals surface area contributed by atoms with Crippen molar-refractivity contribution < 1.29 is 26.3 Å². The summed E-state index contributed by atoms with van der Waals surface area (Å²) < 4.78 is 81.3. The number of nitrogens with zero attached hydrogens (tertiary/aromatic N) is 5. The van der Waals surface area contributed by atoms with Crippen LogP contribution in [0.25, 0.3) is 22.2 Å². The molecule has 0 aliphatic rings. The van der Waals surface area contributed by atoms with E-state index in [-0.39, 0.29) is 23.6 Å². The van der Waals surface area contributed by atoms with Crippen LogP contribution in [0, 0.1) is 0 Å². The van der Waals surface area contributed by atoms with Crippen LogP contribution in [0.15, 0.2) is 79.5 Å². The quantitative estimate of drug-likeness (QED) is 0.264. The first-order valence-electron chi connectivity index (χ1n) is 10.8. The van der Waals surface area contributed by atoms with Crippen LogP contribution in [0.1, 0.15) is 17.0 Å². The molecule has 0 saturated heterocycles. The highest BCUT2D eigenvalue weighted by molar-refractivity contribution is 5.93. The Kier molecular flexibility index (Phi) is 6.02. The van der Waals surface area contributed by atoms with Gasteiger partial charge in [-0.1, -0.05) is 6.07 Å². The standard InChI is InChI=1S/C25H16F6N6/c26-24(27,28)16-4-6-17(7-5-16)34-23-18-8-3-15(22-19(25(29,30)31)2-1-9-33-22)12-20(18)35-21(36-23)13-37-11-10-32-14-37/h1-12,14H,13H2,(H,34,35,36). The molecular formula is C25H16F6N6. The summed E-state index contributed by atoms with van der Waals surface area (Å²) in [5.74, 6) is 0.595. The molecule has 2 aromatic carbocycles. The Morgan fingerprint density at radius 1 is 0.838 bits per heavy atom. The number of benzene rings is 2. The molecule has 1 N–H and O–H groups in total. The van der Waals surface area contributed by atoms with E-state index in [0.29, 0.717) is 22.4 Å². The maximum Gasteiger partial charge on any atom is 0.418 e. The van der Waals surface area contributed by atoms with Gasteiger partial charge in [-0.3, -0.25) is 4.98 Å². The molecule has 6 nitrogen and oxygen atoms in total. The molecule has 0 aliphatic carbocycles. The molecule has 3 heterocycles. The lowest BCUT2D eigenvalue weighted by Crippen LogP contribution is -2.09. The molecule has 0 amide bonds.